The molecule has 0 aliphatic heterocycles. The summed E-state index contributed by atoms with van der Waals surface area (Å²) in [6.45, 7) is 5.63. The van der Waals surface area contributed by atoms with Crippen molar-refractivity contribution in [1.29, 1.82) is 0 Å². The Morgan fingerprint density at radius 3 is 2.60 bits per heavy atom. The van der Waals surface area contributed by atoms with Crippen LogP contribution in [0.3, 0.4) is 0 Å². The Hall–Kier alpha value is -1.13. The van der Waals surface area contributed by atoms with Crippen LogP contribution < -0.4 is 4.74 Å². The second kappa shape index (κ2) is 5.68. The lowest BCUT2D eigenvalue weighted by Gasteiger charge is -2.15. The summed E-state index contributed by atoms with van der Waals surface area (Å²) >= 11 is -2.08. The molecule has 0 saturated carbocycles. The van der Waals surface area contributed by atoms with Crippen molar-refractivity contribution in [3.8, 4) is 5.75 Å². The molecule has 0 spiro atoms. The minimum atomic E-state index is -2.08. The Labute approximate surface area is 92.1 Å². The Morgan fingerprint density at radius 1 is 1.53 bits per heavy atom. The summed E-state index contributed by atoms with van der Waals surface area (Å²) in [6, 6.07) is 7.00. The van der Waals surface area contributed by atoms with Crippen LogP contribution in [0, 0.1) is 0 Å². The van der Waals surface area contributed by atoms with Crippen LogP contribution in [0.2, 0.25) is 0 Å². The standard InChI is InChI=1S/C11H14O3S/c1-3-8-14-11-6-4-10(5-7-11)9(2)15(12)13/h3-7,9H,1,8H2,2H3,(H,12,13)/p-1. The summed E-state index contributed by atoms with van der Waals surface area (Å²) in [4.78, 5) is 0. The second-order valence-corrected chi connectivity index (χ2v) is 4.30. The molecule has 3 nitrogen and oxygen atoms in total. The Kier molecular flexibility index (Phi) is 4.52. The van der Waals surface area contributed by atoms with Crippen LogP contribution in [0.4, 0.5) is 0 Å². The van der Waals surface area contributed by atoms with Gasteiger partial charge >= 0.3 is 0 Å². The van der Waals surface area contributed by atoms with Crippen LogP contribution in [-0.4, -0.2) is 15.4 Å². The first kappa shape index (κ1) is 11.9. The van der Waals surface area contributed by atoms with E-state index in [1.165, 1.54) is 0 Å². The SMILES string of the molecule is C=CCOc1ccc(C(C)S(=O)[O-])cc1. The third kappa shape index (κ3) is 3.49. The van der Waals surface area contributed by atoms with E-state index in [0.29, 0.717) is 12.4 Å². The first-order valence-corrected chi connectivity index (χ1v) is 5.70. The Bertz CT molecular complexity index is 345. The molecule has 0 heterocycles. The van der Waals surface area contributed by atoms with Gasteiger partial charge in [0.2, 0.25) is 0 Å². The molecule has 0 bridgehead atoms. The first-order valence-electron chi connectivity index (χ1n) is 4.57. The van der Waals surface area contributed by atoms with Crippen molar-refractivity contribution in [2.24, 2.45) is 0 Å². The molecule has 0 aromatic heterocycles. The predicted octanol–water partition coefficient (Wildman–Crippen LogP) is 2.19. The number of rotatable bonds is 5. The van der Waals surface area contributed by atoms with Crippen LogP contribution in [0.5, 0.6) is 5.75 Å². The first-order chi connectivity index (χ1) is 7.15. The molecule has 82 valence electrons. The van der Waals surface area contributed by atoms with Gasteiger partial charge in [0, 0.05) is 5.25 Å². The van der Waals surface area contributed by atoms with E-state index in [4.69, 9.17) is 4.74 Å². The molecule has 2 unspecified atom stereocenters. The lowest BCUT2D eigenvalue weighted by molar-refractivity contribution is 0.363. The van der Waals surface area contributed by atoms with Gasteiger partial charge in [-0.05, 0) is 35.7 Å². The third-order valence-corrected chi connectivity index (χ3v) is 2.86. The maximum absolute atomic E-state index is 10.7. The highest BCUT2D eigenvalue weighted by Crippen LogP contribution is 2.20. The summed E-state index contributed by atoms with van der Waals surface area (Å²) in [7, 11) is 0. The summed E-state index contributed by atoms with van der Waals surface area (Å²) < 4.78 is 26.7. The Balaban J connectivity index is 2.71. The third-order valence-electron chi connectivity index (χ3n) is 2.01. The molecule has 0 aliphatic rings. The lowest BCUT2D eigenvalue weighted by Crippen LogP contribution is -2.01. The zero-order chi connectivity index (χ0) is 11.3. The monoisotopic (exact) mass is 225 g/mol. The van der Waals surface area contributed by atoms with Gasteiger partial charge in [-0.15, -0.1) is 0 Å². The minimum Gasteiger partial charge on any atom is -0.772 e. The highest BCUT2D eigenvalue weighted by Gasteiger charge is 2.05. The van der Waals surface area contributed by atoms with Gasteiger partial charge in [0.1, 0.15) is 12.4 Å². The molecule has 4 heteroatoms. The smallest absolute Gasteiger partial charge is 0.119 e. The molecule has 2 atom stereocenters. The zero-order valence-corrected chi connectivity index (χ0v) is 9.33. The van der Waals surface area contributed by atoms with Crippen molar-refractivity contribution in [3.63, 3.8) is 0 Å². The number of hydrogen-bond donors (Lipinski definition) is 0. The van der Waals surface area contributed by atoms with E-state index in [1.54, 1.807) is 37.3 Å². The average molecular weight is 225 g/mol. The quantitative estimate of drug-likeness (QED) is 0.570. The van der Waals surface area contributed by atoms with Crippen LogP contribution in [0.25, 0.3) is 0 Å². The van der Waals surface area contributed by atoms with Gasteiger partial charge in [0.25, 0.3) is 0 Å². The highest BCUT2D eigenvalue weighted by atomic mass is 32.2. The van der Waals surface area contributed by atoms with E-state index in [-0.39, 0.29) is 0 Å². The average Bonchev–Trinajstić information content (AvgIpc) is 2.26. The van der Waals surface area contributed by atoms with Crippen molar-refractivity contribution in [3.05, 3.63) is 42.5 Å². The van der Waals surface area contributed by atoms with Gasteiger partial charge in [-0.3, -0.25) is 4.21 Å². The van der Waals surface area contributed by atoms with E-state index in [1.807, 2.05) is 0 Å². The van der Waals surface area contributed by atoms with Crippen LogP contribution in [0.15, 0.2) is 36.9 Å². The Morgan fingerprint density at radius 2 is 2.13 bits per heavy atom. The van der Waals surface area contributed by atoms with Crippen LogP contribution >= 0.6 is 0 Å². The topological polar surface area (TPSA) is 49.4 Å². The van der Waals surface area contributed by atoms with Crippen molar-refractivity contribution in [2.45, 2.75) is 12.2 Å². The molecule has 0 fully saturated rings. The van der Waals surface area contributed by atoms with E-state index in [2.05, 4.69) is 6.58 Å². The van der Waals surface area contributed by atoms with Crippen LogP contribution in [-0.2, 0) is 11.1 Å². The maximum Gasteiger partial charge on any atom is 0.119 e. The van der Waals surface area contributed by atoms with E-state index in [9.17, 15) is 8.76 Å². The predicted molar refractivity (Wildman–Crippen MR) is 59.5 cm³/mol. The number of benzene rings is 1. The van der Waals surface area contributed by atoms with E-state index >= 15 is 0 Å². The summed E-state index contributed by atoms with van der Waals surface area (Å²) in [6.07, 6.45) is 1.66. The van der Waals surface area contributed by atoms with Gasteiger partial charge in [0.15, 0.2) is 0 Å². The van der Waals surface area contributed by atoms with Gasteiger partial charge in [0.05, 0.1) is 0 Å². The molecular formula is C11H13O3S-. The van der Waals surface area contributed by atoms with Gasteiger partial charge in [-0.2, -0.15) is 0 Å². The summed E-state index contributed by atoms with van der Waals surface area (Å²) in [5, 5.41) is -0.488. The molecule has 1 aromatic carbocycles. The van der Waals surface area contributed by atoms with Crippen molar-refractivity contribution < 1.29 is 13.5 Å². The molecular weight excluding hydrogens is 212 g/mol. The highest BCUT2D eigenvalue weighted by molar-refractivity contribution is 7.79. The van der Waals surface area contributed by atoms with Crippen LogP contribution in [0.1, 0.15) is 17.7 Å². The molecule has 15 heavy (non-hydrogen) atoms. The molecule has 0 saturated heterocycles. The fraction of sp³-hybridized carbons (Fsp3) is 0.273. The minimum absolute atomic E-state index is 0.447. The number of ether oxygens (including phenoxy) is 1. The largest absolute Gasteiger partial charge is 0.772 e. The molecule has 0 amide bonds. The lowest BCUT2D eigenvalue weighted by atomic mass is 10.1. The summed E-state index contributed by atoms with van der Waals surface area (Å²) in [5.74, 6) is 0.711. The second-order valence-electron chi connectivity index (χ2n) is 3.07. The van der Waals surface area contributed by atoms with Crippen molar-refractivity contribution >= 4 is 11.1 Å². The van der Waals surface area contributed by atoms with E-state index < -0.39 is 16.3 Å². The fourth-order valence-electron chi connectivity index (χ4n) is 1.10. The van der Waals surface area contributed by atoms with E-state index in [0.717, 1.165) is 5.56 Å². The number of hydrogen-bond acceptors (Lipinski definition) is 3. The molecule has 0 radical (unpaired) electrons. The molecule has 1 rings (SSSR count). The normalized spacial score (nSPS) is 14.3. The zero-order valence-electron chi connectivity index (χ0n) is 8.51. The molecule has 0 aliphatic carbocycles. The summed E-state index contributed by atoms with van der Waals surface area (Å²) in [5.41, 5.74) is 0.759. The van der Waals surface area contributed by atoms with Gasteiger partial charge in [-0.25, -0.2) is 0 Å². The van der Waals surface area contributed by atoms with Crippen molar-refractivity contribution in [2.75, 3.05) is 6.61 Å². The fourth-order valence-corrected chi connectivity index (χ4v) is 1.48. The maximum atomic E-state index is 10.7. The molecule has 1 aromatic rings. The van der Waals surface area contributed by atoms with Gasteiger partial charge < -0.3 is 9.29 Å². The van der Waals surface area contributed by atoms with Crippen molar-refractivity contribution in [1.82, 2.24) is 0 Å². The van der Waals surface area contributed by atoms with Gasteiger partial charge in [-0.1, -0.05) is 24.8 Å². The molecule has 0 N–H and O–H groups in total.